The average molecular weight is 922 g/mol. The maximum absolute atomic E-state index is 2.53. The standard InChI is InChI=1S/C71H55N/c1-3-69(4-2)65-43-48(35-37-49-23-20-34-64-68(49)61-31-17-19-33-63(61)71(64,52-24-8-5-9-25-52)53-26-10-6-11-27-53)36-40-58(65)60-42-39-55(44-66(60)69)72(54-28-12-7-13-29-54)56-38-41-59-57-30-16-18-32-62(57)70(67(59)45-56)46-50-21-14-15-22-51(50)47-70/h5-45H,3-4,46-47H2,1-2H3. The molecule has 0 saturated carbocycles. The molecule has 1 nitrogen and oxygen atoms in total. The number of benzene rings is 10. The van der Waals surface area contributed by atoms with E-state index in [4.69, 9.17) is 0 Å². The van der Waals surface area contributed by atoms with E-state index in [9.17, 15) is 0 Å². The summed E-state index contributed by atoms with van der Waals surface area (Å²) in [5, 5.41) is 0. The van der Waals surface area contributed by atoms with Gasteiger partial charge in [-0.2, -0.15) is 0 Å². The third kappa shape index (κ3) is 6.01. The van der Waals surface area contributed by atoms with E-state index in [1.165, 1.54) is 112 Å². The summed E-state index contributed by atoms with van der Waals surface area (Å²) in [7, 11) is 0. The minimum absolute atomic E-state index is 0.0841. The average Bonchev–Trinajstić information content (AvgIpc) is 4.15. The molecule has 1 spiro atoms. The van der Waals surface area contributed by atoms with Gasteiger partial charge in [0.2, 0.25) is 0 Å². The Morgan fingerprint density at radius 1 is 0.375 bits per heavy atom. The Morgan fingerprint density at radius 3 is 1.53 bits per heavy atom. The van der Waals surface area contributed by atoms with Gasteiger partial charge in [0.25, 0.3) is 0 Å². The fourth-order valence-electron chi connectivity index (χ4n) is 14.2. The van der Waals surface area contributed by atoms with Crippen molar-refractivity contribution in [2.45, 2.75) is 55.8 Å². The van der Waals surface area contributed by atoms with E-state index < -0.39 is 5.41 Å². The van der Waals surface area contributed by atoms with Crippen LogP contribution in [-0.4, -0.2) is 0 Å². The minimum atomic E-state index is -0.425. The van der Waals surface area contributed by atoms with Crippen molar-refractivity contribution in [3.8, 4) is 33.4 Å². The van der Waals surface area contributed by atoms with Crippen molar-refractivity contribution in [2.75, 3.05) is 4.90 Å². The molecule has 14 rings (SSSR count). The molecule has 0 fully saturated rings. The van der Waals surface area contributed by atoms with Crippen molar-refractivity contribution in [3.05, 3.63) is 303 Å². The molecule has 0 unspecified atom stereocenters. The summed E-state index contributed by atoms with van der Waals surface area (Å²) in [6, 6.07) is 89.3. The molecule has 0 amide bonds. The summed E-state index contributed by atoms with van der Waals surface area (Å²) in [5.41, 5.74) is 27.4. The van der Waals surface area contributed by atoms with E-state index >= 15 is 0 Å². The number of hydrogen-bond donors (Lipinski definition) is 0. The summed E-state index contributed by atoms with van der Waals surface area (Å²) in [6.07, 6.45) is 8.79. The van der Waals surface area contributed by atoms with Crippen molar-refractivity contribution in [1.29, 1.82) is 0 Å². The summed E-state index contributed by atoms with van der Waals surface area (Å²) < 4.78 is 0. The van der Waals surface area contributed by atoms with Crippen LogP contribution in [0.2, 0.25) is 0 Å². The molecule has 0 N–H and O–H groups in total. The molecule has 344 valence electrons. The second-order valence-corrected chi connectivity index (χ2v) is 20.6. The van der Waals surface area contributed by atoms with Gasteiger partial charge in [0.05, 0.1) is 5.41 Å². The first-order chi connectivity index (χ1) is 35.6. The molecule has 72 heavy (non-hydrogen) atoms. The molecule has 0 saturated heterocycles. The second kappa shape index (κ2) is 16.4. The largest absolute Gasteiger partial charge is 0.310 e. The van der Waals surface area contributed by atoms with E-state index in [0.29, 0.717) is 0 Å². The van der Waals surface area contributed by atoms with Crippen LogP contribution in [0.25, 0.3) is 45.5 Å². The molecular weight excluding hydrogens is 867 g/mol. The number of fused-ring (bicyclic) bond motifs is 12. The summed E-state index contributed by atoms with van der Waals surface area (Å²) in [5.74, 6) is 0. The Hall–Kier alpha value is -8.26. The molecular formula is C71H55N. The van der Waals surface area contributed by atoms with Gasteiger partial charge < -0.3 is 4.90 Å². The molecule has 10 aromatic rings. The van der Waals surface area contributed by atoms with Gasteiger partial charge in [-0.05, 0) is 162 Å². The van der Waals surface area contributed by atoms with Gasteiger partial charge in [0.15, 0.2) is 0 Å². The quantitative estimate of drug-likeness (QED) is 0.130. The van der Waals surface area contributed by atoms with Crippen LogP contribution in [0.15, 0.2) is 237 Å². The highest BCUT2D eigenvalue weighted by molar-refractivity contribution is 5.94. The lowest BCUT2D eigenvalue weighted by Crippen LogP contribution is -2.28. The zero-order chi connectivity index (χ0) is 48.0. The zero-order valence-electron chi connectivity index (χ0n) is 40.9. The summed E-state index contributed by atoms with van der Waals surface area (Å²) in [6.45, 7) is 4.78. The highest BCUT2D eigenvalue weighted by Gasteiger charge is 2.49. The van der Waals surface area contributed by atoms with E-state index in [1.54, 1.807) is 0 Å². The second-order valence-electron chi connectivity index (χ2n) is 20.6. The van der Waals surface area contributed by atoms with Gasteiger partial charge in [0.1, 0.15) is 0 Å². The number of nitrogens with zero attached hydrogens (tertiary/aromatic N) is 1. The van der Waals surface area contributed by atoms with E-state index in [-0.39, 0.29) is 10.8 Å². The van der Waals surface area contributed by atoms with Crippen molar-refractivity contribution in [1.82, 2.24) is 0 Å². The molecule has 10 aromatic carbocycles. The smallest absolute Gasteiger partial charge is 0.0713 e. The first kappa shape index (κ1) is 42.6. The van der Waals surface area contributed by atoms with Crippen molar-refractivity contribution >= 4 is 29.2 Å². The fourth-order valence-corrected chi connectivity index (χ4v) is 14.2. The molecule has 4 aliphatic rings. The molecule has 0 atom stereocenters. The highest BCUT2D eigenvalue weighted by atomic mass is 15.1. The molecule has 1 heteroatoms. The van der Waals surface area contributed by atoms with Crippen molar-refractivity contribution < 1.29 is 0 Å². The molecule has 0 aliphatic heterocycles. The van der Waals surface area contributed by atoms with Gasteiger partial charge in [-0.3, -0.25) is 0 Å². The monoisotopic (exact) mass is 921 g/mol. The van der Waals surface area contributed by atoms with Gasteiger partial charge in [-0.1, -0.05) is 226 Å². The lowest BCUT2D eigenvalue weighted by Gasteiger charge is -2.33. The number of rotatable bonds is 9. The van der Waals surface area contributed by atoms with Crippen molar-refractivity contribution in [2.24, 2.45) is 0 Å². The Balaban J connectivity index is 0.858. The Bertz CT molecular complexity index is 3720. The molecule has 0 radical (unpaired) electrons. The molecule has 0 heterocycles. The predicted molar refractivity (Wildman–Crippen MR) is 301 cm³/mol. The third-order valence-corrected chi connectivity index (χ3v) is 17.4. The summed E-state index contributed by atoms with van der Waals surface area (Å²) in [4.78, 5) is 2.51. The van der Waals surface area contributed by atoms with Crippen LogP contribution in [0.3, 0.4) is 0 Å². The van der Waals surface area contributed by atoms with Crippen LogP contribution in [0, 0.1) is 0 Å². The van der Waals surface area contributed by atoms with E-state index in [2.05, 4.69) is 267 Å². The molecule has 0 aromatic heterocycles. The van der Waals surface area contributed by atoms with Gasteiger partial charge >= 0.3 is 0 Å². The maximum Gasteiger partial charge on any atom is 0.0713 e. The van der Waals surface area contributed by atoms with E-state index in [1.807, 2.05) is 0 Å². The topological polar surface area (TPSA) is 3.24 Å². The van der Waals surface area contributed by atoms with Gasteiger partial charge in [-0.15, -0.1) is 0 Å². The number of hydrogen-bond acceptors (Lipinski definition) is 1. The third-order valence-electron chi connectivity index (χ3n) is 17.4. The molecule has 0 bridgehead atoms. The van der Waals surface area contributed by atoms with Crippen LogP contribution in [0.4, 0.5) is 17.1 Å². The zero-order valence-corrected chi connectivity index (χ0v) is 40.9. The van der Waals surface area contributed by atoms with Crippen LogP contribution in [-0.2, 0) is 29.1 Å². The lowest BCUT2D eigenvalue weighted by atomic mass is 9.67. The molecule has 4 aliphatic carbocycles. The maximum atomic E-state index is 2.53. The van der Waals surface area contributed by atoms with Crippen LogP contribution >= 0.6 is 0 Å². The summed E-state index contributed by atoms with van der Waals surface area (Å²) >= 11 is 0. The van der Waals surface area contributed by atoms with Gasteiger partial charge in [-0.25, -0.2) is 0 Å². The SMILES string of the molecule is CCC1(CC)c2cc(C=Cc3cccc4c3-c3ccccc3C4(c3ccccc3)c3ccccc3)ccc2-c2ccc(N(c3ccccc3)c3ccc4c(c3)C3(Cc5ccccc5C3)c3ccccc3-4)cc21. The van der Waals surface area contributed by atoms with Gasteiger partial charge in [0, 0.05) is 27.9 Å². The Labute approximate surface area is 424 Å². The number of anilines is 3. The number of para-hydroxylation sites is 1. The Morgan fingerprint density at radius 2 is 0.875 bits per heavy atom. The first-order valence-electron chi connectivity index (χ1n) is 26.0. The Kier molecular flexibility index (Phi) is 9.71. The lowest BCUT2D eigenvalue weighted by molar-refractivity contribution is 0.490. The van der Waals surface area contributed by atoms with Crippen LogP contribution in [0.5, 0.6) is 0 Å². The van der Waals surface area contributed by atoms with Crippen molar-refractivity contribution in [3.63, 3.8) is 0 Å². The fraction of sp³-hybridized carbons (Fsp3) is 0.127. The minimum Gasteiger partial charge on any atom is -0.310 e. The van der Waals surface area contributed by atoms with Crippen LogP contribution in [0.1, 0.15) is 93.5 Å². The van der Waals surface area contributed by atoms with E-state index in [0.717, 1.165) is 31.4 Å². The highest BCUT2D eigenvalue weighted by Crippen LogP contribution is 2.60. The van der Waals surface area contributed by atoms with Crippen LogP contribution < -0.4 is 4.90 Å². The normalized spacial score (nSPS) is 15.4. The first-order valence-corrected chi connectivity index (χ1v) is 26.0. The predicted octanol–water partition coefficient (Wildman–Crippen LogP) is 17.8.